The van der Waals surface area contributed by atoms with Gasteiger partial charge in [-0.15, -0.1) is 0 Å². The summed E-state index contributed by atoms with van der Waals surface area (Å²) in [5.74, 6) is -0.924. The number of hydrogen-bond donors (Lipinski definition) is 1. The Labute approximate surface area is 74.7 Å². The lowest BCUT2D eigenvalue weighted by Crippen LogP contribution is -2.16. The van der Waals surface area contributed by atoms with Gasteiger partial charge in [-0.1, -0.05) is 12.1 Å². The molecule has 1 radical (unpaired) electrons. The van der Waals surface area contributed by atoms with Crippen molar-refractivity contribution < 1.29 is 9.59 Å². The molecule has 4 heteroatoms. The van der Waals surface area contributed by atoms with Crippen molar-refractivity contribution in [3.05, 3.63) is 34.9 Å². The minimum atomic E-state index is -0.581. The minimum absolute atomic E-state index is 0.267. The van der Waals surface area contributed by atoms with Crippen LogP contribution >= 0.6 is 0 Å². The highest BCUT2D eigenvalue weighted by molar-refractivity contribution is 6.09. The molecule has 1 aliphatic heterocycles. The minimum Gasteiger partial charge on any atom is -0.366 e. The van der Waals surface area contributed by atoms with Gasteiger partial charge < -0.3 is 5.73 Å². The van der Waals surface area contributed by atoms with Crippen molar-refractivity contribution >= 4 is 11.8 Å². The van der Waals surface area contributed by atoms with E-state index in [1.807, 2.05) is 0 Å². The number of rotatable bonds is 1. The molecule has 2 rings (SSSR count). The summed E-state index contributed by atoms with van der Waals surface area (Å²) in [4.78, 5) is 22.2. The maximum Gasteiger partial charge on any atom is 0.273 e. The Morgan fingerprint density at radius 1 is 1.46 bits per heavy atom. The van der Waals surface area contributed by atoms with E-state index in [1.54, 1.807) is 18.2 Å². The molecule has 0 spiro atoms. The fourth-order valence-electron chi connectivity index (χ4n) is 1.43. The van der Waals surface area contributed by atoms with E-state index in [9.17, 15) is 9.59 Å². The van der Waals surface area contributed by atoms with Crippen molar-refractivity contribution in [2.75, 3.05) is 0 Å². The molecule has 0 saturated heterocycles. The largest absolute Gasteiger partial charge is 0.366 e. The summed E-state index contributed by atoms with van der Waals surface area (Å²) < 4.78 is 0. The first-order valence-corrected chi connectivity index (χ1v) is 3.83. The molecular weight excluding hydrogens is 168 g/mol. The first kappa shape index (κ1) is 7.79. The summed E-state index contributed by atoms with van der Waals surface area (Å²) in [6, 6.07) is 5.02. The maximum absolute atomic E-state index is 11.2. The third-order valence-electron chi connectivity index (χ3n) is 2.02. The van der Waals surface area contributed by atoms with Gasteiger partial charge in [-0.2, -0.15) is 0 Å². The monoisotopic (exact) mass is 175 g/mol. The molecule has 1 heterocycles. The second-order valence-electron chi connectivity index (χ2n) is 2.83. The fourth-order valence-corrected chi connectivity index (χ4v) is 1.43. The van der Waals surface area contributed by atoms with Gasteiger partial charge in [0.05, 0.1) is 17.7 Å². The molecule has 0 atom stereocenters. The zero-order valence-corrected chi connectivity index (χ0v) is 6.78. The molecule has 1 aromatic rings. The van der Waals surface area contributed by atoms with E-state index in [2.05, 4.69) is 5.32 Å². The summed E-state index contributed by atoms with van der Waals surface area (Å²) >= 11 is 0. The van der Waals surface area contributed by atoms with Crippen LogP contribution in [0.25, 0.3) is 0 Å². The van der Waals surface area contributed by atoms with Gasteiger partial charge in [0.15, 0.2) is 0 Å². The maximum atomic E-state index is 11.2. The SMILES string of the molecule is NC(=O)c1cccc2c1C(=O)[N]C2. The van der Waals surface area contributed by atoms with Gasteiger partial charge >= 0.3 is 0 Å². The lowest BCUT2D eigenvalue weighted by Gasteiger charge is -2.00. The molecule has 1 aromatic carbocycles. The van der Waals surface area contributed by atoms with Crippen molar-refractivity contribution in [3.8, 4) is 0 Å². The quantitative estimate of drug-likeness (QED) is 0.654. The second-order valence-corrected chi connectivity index (χ2v) is 2.83. The smallest absolute Gasteiger partial charge is 0.273 e. The molecule has 65 valence electrons. The van der Waals surface area contributed by atoms with Crippen molar-refractivity contribution in [2.24, 2.45) is 5.73 Å². The Hall–Kier alpha value is -1.84. The molecule has 0 aliphatic carbocycles. The highest BCUT2D eigenvalue weighted by Crippen LogP contribution is 2.20. The van der Waals surface area contributed by atoms with E-state index in [4.69, 9.17) is 5.73 Å². The molecule has 13 heavy (non-hydrogen) atoms. The van der Waals surface area contributed by atoms with Crippen LogP contribution in [0, 0.1) is 0 Å². The summed E-state index contributed by atoms with van der Waals surface area (Å²) in [6.07, 6.45) is 0. The third-order valence-corrected chi connectivity index (χ3v) is 2.02. The standard InChI is InChI=1S/C9H7N2O2/c10-8(12)6-3-1-2-5-4-11-9(13)7(5)6/h1-3H,4H2,(H2,10,12). The molecule has 0 aromatic heterocycles. The van der Waals surface area contributed by atoms with E-state index in [0.29, 0.717) is 12.1 Å². The van der Waals surface area contributed by atoms with Crippen LogP contribution in [0.1, 0.15) is 26.3 Å². The van der Waals surface area contributed by atoms with E-state index < -0.39 is 5.91 Å². The molecule has 4 nitrogen and oxygen atoms in total. The summed E-state index contributed by atoms with van der Waals surface area (Å²) in [5, 5.41) is 3.70. The number of nitrogens with two attached hydrogens (primary N) is 1. The number of primary amides is 1. The zero-order valence-electron chi connectivity index (χ0n) is 6.78. The second kappa shape index (κ2) is 2.58. The summed E-state index contributed by atoms with van der Waals surface area (Å²) in [7, 11) is 0. The number of amides is 2. The zero-order chi connectivity index (χ0) is 9.42. The van der Waals surface area contributed by atoms with Crippen molar-refractivity contribution in [3.63, 3.8) is 0 Å². The Kier molecular flexibility index (Phi) is 1.55. The average Bonchev–Trinajstić information content (AvgIpc) is 2.48. The topological polar surface area (TPSA) is 74.3 Å². The van der Waals surface area contributed by atoms with Gasteiger partial charge in [-0.05, 0) is 11.6 Å². The lowest BCUT2D eigenvalue weighted by atomic mass is 10.0. The van der Waals surface area contributed by atoms with Gasteiger partial charge in [0.25, 0.3) is 5.91 Å². The lowest BCUT2D eigenvalue weighted by molar-refractivity contribution is 0.0944. The van der Waals surface area contributed by atoms with Gasteiger partial charge in [0.1, 0.15) is 0 Å². The number of benzene rings is 1. The van der Waals surface area contributed by atoms with Crippen molar-refractivity contribution in [1.82, 2.24) is 5.32 Å². The fraction of sp³-hybridized carbons (Fsp3) is 0.111. The van der Waals surface area contributed by atoms with Crippen LogP contribution < -0.4 is 11.1 Å². The highest BCUT2D eigenvalue weighted by atomic mass is 16.2. The normalized spacial score (nSPS) is 13.7. The Morgan fingerprint density at radius 3 is 2.92 bits per heavy atom. The Bertz CT molecular complexity index is 399. The predicted molar refractivity (Wildman–Crippen MR) is 45.1 cm³/mol. The number of nitrogens with zero attached hydrogens (tertiary/aromatic N) is 1. The van der Waals surface area contributed by atoms with Crippen molar-refractivity contribution in [2.45, 2.75) is 6.54 Å². The number of carbonyl (C=O) groups is 2. The van der Waals surface area contributed by atoms with Gasteiger partial charge in [-0.25, -0.2) is 5.32 Å². The Morgan fingerprint density at radius 2 is 2.23 bits per heavy atom. The van der Waals surface area contributed by atoms with E-state index >= 15 is 0 Å². The van der Waals surface area contributed by atoms with Crippen LogP contribution in [-0.4, -0.2) is 11.8 Å². The molecule has 0 saturated carbocycles. The molecule has 0 unspecified atom stereocenters. The molecule has 2 amide bonds. The van der Waals surface area contributed by atoms with Crippen LogP contribution in [0.5, 0.6) is 0 Å². The van der Waals surface area contributed by atoms with Crippen molar-refractivity contribution in [1.29, 1.82) is 0 Å². The van der Waals surface area contributed by atoms with Crippen LogP contribution in [0.15, 0.2) is 18.2 Å². The summed E-state index contributed by atoms with van der Waals surface area (Å²) in [5.41, 5.74) is 6.53. The number of carbonyl (C=O) groups excluding carboxylic acids is 2. The van der Waals surface area contributed by atoms with E-state index in [1.165, 1.54) is 0 Å². The molecule has 0 bridgehead atoms. The number of fused-ring (bicyclic) bond motifs is 1. The first-order valence-electron chi connectivity index (χ1n) is 3.83. The average molecular weight is 175 g/mol. The molecule has 1 aliphatic rings. The molecule has 0 fully saturated rings. The molecular formula is C9H7N2O2. The van der Waals surface area contributed by atoms with E-state index in [0.717, 1.165) is 5.56 Å². The van der Waals surface area contributed by atoms with Crippen LogP contribution in [-0.2, 0) is 6.54 Å². The predicted octanol–water partition coefficient (Wildman–Crippen LogP) is 0.0437. The van der Waals surface area contributed by atoms with Gasteiger partial charge in [0, 0.05) is 0 Å². The highest BCUT2D eigenvalue weighted by Gasteiger charge is 2.25. The van der Waals surface area contributed by atoms with Gasteiger partial charge in [0.2, 0.25) is 5.91 Å². The first-order chi connectivity index (χ1) is 6.20. The Balaban J connectivity index is 2.66. The van der Waals surface area contributed by atoms with E-state index in [-0.39, 0.29) is 11.5 Å². The van der Waals surface area contributed by atoms with Crippen LogP contribution in [0.2, 0.25) is 0 Å². The molecule has 2 N–H and O–H groups in total. The third kappa shape index (κ3) is 1.07. The van der Waals surface area contributed by atoms with Gasteiger partial charge in [-0.3, -0.25) is 9.59 Å². The van der Waals surface area contributed by atoms with Crippen LogP contribution in [0.3, 0.4) is 0 Å². The summed E-state index contributed by atoms with van der Waals surface area (Å²) in [6.45, 7) is 0.356. The van der Waals surface area contributed by atoms with Crippen LogP contribution in [0.4, 0.5) is 0 Å². The number of hydrogen-bond acceptors (Lipinski definition) is 2.